The van der Waals surface area contributed by atoms with Gasteiger partial charge in [0.25, 0.3) is 5.56 Å². The van der Waals surface area contributed by atoms with Crippen molar-refractivity contribution >= 4 is 32.8 Å². The van der Waals surface area contributed by atoms with Gasteiger partial charge in [0.1, 0.15) is 5.75 Å². The predicted molar refractivity (Wildman–Crippen MR) is 113 cm³/mol. The molecule has 0 aliphatic carbocycles. The number of hydrogen-bond acceptors (Lipinski definition) is 5. The van der Waals surface area contributed by atoms with Crippen LogP contribution in [-0.4, -0.2) is 21.6 Å². The van der Waals surface area contributed by atoms with Crippen molar-refractivity contribution in [3.05, 3.63) is 87.4 Å². The molecule has 0 aliphatic heterocycles. The third kappa shape index (κ3) is 3.61. The topological polar surface area (TPSA) is 69.0 Å². The van der Waals surface area contributed by atoms with E-state index in [-0.39, 0.29) is 5.56 Å². The van der Waals surface area contributed by atoms with Gasteiger partial charge in [-0.1, -0.05) is 28.1 Å². The summed E-state index contributed by atoms with van der Waals surface area (Å²) < 4.78 is 7.60. The Bertz CT molecular complexity index is 1170. The number of nitrogens with zero attached hydrogens (tertiary/aromatic N) is 3. The Morgan fingerprint density at radius 1 is 1.07 bits per heavy atom. The molecule has 6 nitrogen and oxygen atoms in total. The van der Waals surface area contributed by atoms with E-state index in [0.29, 0.717) is 29.1 Å². The molecule has 0 radical (unpaired) electrons. The first kappa shape index (κ1) is 18.2. The number of aromatic nitrogens is 3. The number of nitrogens with one attached hydrogen (secondary N) is 1. The van der Waals surface area contributed by atoms with Crippen molar-refractivity contribution in [3.8, 4) is 11.4 Å². The summed E-state index contributed by atoms with van der Waals surface area (Å²) in [6, 6.07) is 16.8. The Labute approximate surface area is 170 Å². The molecular formula is C21H17BrN4O2. The second-order valence-electron chi connectivity index (χ2n) is 6.14. The fourth-order valence-corrected chi connectivity index (χ4v) is 3.29. The number of halogens is 1. The van der Waals surface area contributed by atoms with E-state index >= 15 is 0 Å². The van der Waals surface area contributed by atoms with E-state index in [1.807, 2.05) is 36.4 Å². The maximum absolute atomic E-state index is 13.2. The highest BCUT2D eigenvalue weighted by Crippen LogP contribution is 2.20. The number of benzene rings is 2. The first-order valence-corrected chi connectivity index (χ1v) is 9.44. The molecule has 0 aliphatic rings. The van der Waals surface area contributed by atoms with Crippen LogP contribution in [0.25, 0.3) is 16.6 Å². The Morgan fingerprint density at radius 2 is 1.82 bits per heavy atom. The normalized spacial score (nSPS) is 10.8. The molecule has 140 valence electrons. The Morgan fingerprint density at radius 3 is 2.54 bits per heavy atom. The molecule has 0 spiro atoms. The van der Waals surface area contributed by atoms with Gasteiger partial charge in [0.05, 0.1) is 23.7 Å². The summed E-state index contributed by atoms with van der Waals surface area (Å²) in [5, 5.41) is 3.83. The molecule has 7 heteroatoms. The second-order valence-corrected chi connectivity index (χ2v) is 7.06. The van der Waals surface area contributed by atoms with E-state index in [9.17, 15) is 4.79 Å². The van der Waals surface area contributed by atoms with Crippen LogP contribution in [0.1, 0.15) is 5.56 Å². The van der Waals surface area contributed by atoms with Crippen LogP contribution in [0.5, 0.6) is 5.75 Å². The maximum atomic E-state index is 13.2. The lowest BCUT2D eigenvalue weighted by molar-refractivity contribution is 0.414. The van der Waals surface area contributed by atoms with E-state index in [0.717, 1.165) is 15.8 Å². The van der Waals surface area contributed by atoms with Gasteiger partial charge in [-0.05, 0) is 48.0 Å². The number of anilines is 1. The van der Waals surface area contributed by atoms with Gasteiger partial charge in [0.2, 0.25) is 5.95 Å². The van der Waals surface area contributed by atoms with Gasteiger partial charge < -0.3 is 10.1 Å². The minimum absolute atomic E-state index is 0.144. The molecule has 4 aromatic rings. The SMILES string of the molecule is COc1ccc(CNc2nc3ccc(Br)cc3c(=O)n2-c2ccncc2)cc1. The zero-order chi connectivity index (χ0) is 19.5. The van der Waals surface area contributed by atoms with Gasteiger partial charge in [0.15, 0.2) is 0 Å². The van der Waals surface area contributed by atoms with Gasteiger partial charge in [-0.3, -0.25) is 9.78 Å². The zero-order valence-corrected chi connectivity index (χ0v) is 16.7. The maximum Gasteiger partial charge on any atom is 0.267 e. The van der Waals surface area contributed by atoms with Crippen LogP contribution in [0.15, 0.2) is 76.3 Å². The van der Waals surface area contributed by atoms with Crippen LogP contribution in [0.2, 0.25) is 0 Å². The van der Waals surface area contributed by atoms with Gasteiger partial charge in [0, 0.05) is 23.4 Å². The van der Waals surface area contributed by atoms with Crippen molar-refractivity contribution in [2.75, 3.05) is 12.4 Å². The first-order chi connectivity index (χ1) is 13.7. The summed E-state index contributed by atoms with van der Waals surface area (Å²) in [5.41, 5.74) is 2.24. The number of pyridine rings is 1. The number of ether oxygens (including phenoxy) is 1. The quantitative estimate of drug-likeness (QED) is 0.508. The van der Waals surface area contributed by atoms with E-state index in [1.54, 1.807) is 42.3 Å². The van der Waals surface area contributed by atoms with Crippen LogP contribution in [0, 0.1) is 0 Å². The van der Waals surface area contributed by atoms with Gasteiger partial charge in [-0.25, -0.2) is 9.55 Å². The molecular weight excluding hydrogens is 420 g/mol. The Kier molecular flexibility index (Phi) is 5.08. The molecule has 28 heavy (non-hydrogen) atoms. The van der Waals surface area contributed by atoms with Crippen molar-refractivity contribution in [3.63, 3.8) is 0 Å². The predicted octanol–water partition coefficient (Wildman–Crippen LogP) is 4.16. The summed E-state index contributed by atoms with van der Waals surface area (Å²) in [5.74, 6) is 1.27. The highest BCUT2D eigenvalue weighted by atomic mass is 79.9. The minimum atomic E-state index is -0.144. The summed E-state index contributed by atoms with van der Waals surface area (Å²) in [7, 11) is 1.64. The molecule has 2 aromatic carbocycles. The minimum Gasteiger partial charge on any atom is -0.497 e. The lowest BCUT2D eigenvalue weighted by Gasteiger charge is -2.15. The number of fused-ring (bicyclic) bond motifs is 1. The number of hydrogen-bond donors (Lipinski definition) is 1. The van der Waals surface area contributed by atoms with Crippen molar-refractivity contribution in [1.29, 1.82) is 0 Å². The summed E-state index contributed by atoms with van der Waals surface area (Å²) in [4.78, 5) is 22.0. The Balaban J connectivity index is 1.79. The first-order valence-electron chi connectivity index (χ1n) is 8.65. The van der Waals surface area contributed by atoms with Crippen molar-refractivity contribution < 1.29 is 4.74 Å². The van der Waals surface area contributed by atoms with Crippen molar-refractivity contribution in [1.82, 2.24) is 14.5 Å². The van der Waals surface area contributed by atoms with Crippen molar-refractivity contribution in [2.24, 2.45) is 0 Å². The Hall–Kier alpha value is -3.19. The third-order valence-corrected chi connectivity index (χ3v) is 4.85. The van der Waals surface area contributed by atoms with E-state index < -0.39 is 0 Å². The average Bonchev–Trinajstić information content (AvgIpc) is 2.74. The molecule has 0 saturated heterocycles. The third-order valence-electron chi connectivity index (χ3n) is 4.36. The van der Waals surface area contributed by atoms with Crippen molar-refractivity contribution in [2.45, 2.75) is 6.54 Å². The van der Waals surface area contributed by atoms with E-state index in [1.165, 1.54) is 0 Å². The van der Waals surface area contributed by atoms with Gasteiger partial charge in [-0.15, -0.1) is 0 Å². The molecule has 1 N–H and O–H groups in total. The van der Waals surface area contributed by atoms with Crippen LogP contribution >= 0.6 is 15.9 Å². The molecule has 0 unspecified atom stereocenters. The average molecular weight is 437 g/mol. The zero-order valence-electron chi connectivity index (χ0n) is 15.1. The number of rotatable bonds is 5. The molecule has 0 saturated carbocycles. The fourth-order valence-electron chi connectivity index (χ4n) is 2.93. The van der Waals surface area contributed by atoms with E-state index in [2.05, 4.69) is 31.2 Å². The van der Waals surface area contributed by atoms with E-state index in [4.69, 9.17) is 4.74 Å². The van der Waals surface area contributed by atoms with Crippen LogP contribution in [0.4, 0.5) is 5.95 Å². The fraction of sp³-hybridized carbons (Fsp3) is 0.0952. The monoisotopic (exact) mass is 436 g/mol. The lowest BCUT2D eigenvalue weighted by Crippen LogP contribution is -2.23. The lowest BCUT2D eigenvalue weighted by atomic mass is 10.2. The molecule has 0 fully saturated rings. The number of methoxy groups -OCH3 is 1. The summed E-state index contributed by atoms with van der Waals surface area (Å²) in [6.45, 7) is 0.517. The molecule has 2 heterocycles. The summed E-state index contributed by atoms with van der Waals surface area (Å²) >= 11 is 3.43. The molecule has 0 amide bonds. The smallest absolute Gasteiger partial charge is 0.267 e. The molecule has 4 rings (SSSR count). The summed E-state index contributed by atoms with van der Waals surface area (Å²) in [6.07, 6.45) is 3.31. The molecule has 2 aromatic heterocycles. The van der Waals surface area contributed by atoms with Crippen LogP contribution in [-0.2, 0) is 6.54 Å². The molecule has 0 bridgehead atoms. The van der Waals surface area contributed by atoms with Gasteiger partial charge >= 0.3 is 0 Å². The van der Waals surface area contributed by atoms with Crippen LogP contribution < -0.4 is 15.6 Å². The highest BCUT2D eigenvalue weighted by Gasteiger charge is 2.13. The largest absolute Gasteiger partial charge is 0.497 e. The standard InChI is InChI=1S/C21H17BrN4O2/c1-28-17-5-2-14(3-6-17)13-24-21-25-19-7-4-15(22)12-18(19)20(27)26(21)16-8-10-23-11-9-16/h2-12H,13H2,1H3,(H,24,25). The molecule has 0 atom stereocenters. The second kappa shape index (κ2) is 7.82. The highest BCUT2D eigenvalue weighted by molar-refractivity contribution is 9.10. The van der Waals surface area contributed by atoms with Gasteiger partial charge in [-0.2, -0.15) is 0 Å². The van der Waals surface area contributed by atoms with Crippen LogP contribution in [0.3, 0.4) is 0 Å².